The zero-order chi connectivity index (χ0) is 18.3. The quantitative estimate of drug-likeness (QED) is 0.283. The Balaban J connectivity index is 0.00000127. The lowest BCUT2D eigenvalue weighted by Gasteiger charge is -2.48. The molecule has 4 unspecified atom stereocenters. The first-order chi connectivity index (χ1) is 10.6. The highest BCUT2D eigenvalue weighted by Crippen LogP contribution is 1.89. The molecule has 2 fully saturated rings. The van der Waals surface area contributed by atoms with E-state index in [4.69, 9.17) is 0 Å². The van der Waals surface area contributed by atoms with Crippen molar-refractivity contribution >= 4 is 30.8 Å². The van der Waals surface area contributed by atoms with Gasteiger partial charge in [0, 0.05) is 14.1 Å². The summed E-state index contributed by atoms with van der Waals surface area (Å²) in [6.45, 7) is -2.11. The molecule has 0 radical (unpaired) electrons. The van der Waals surface area contributed by atoms with Crippen molar-refractivity contribution in [2.24, 2.45) is 5.73 Å². The number of hydrogen-bond acceptors (Lipinski definition) is 5. The molecule has 130 valence electrons. The van der Waals surface area contributed by atoms with Crippen LogP contribution in [0.1, 0.15) is 0 Å². The fraction of sp³-hybridized carbons (Fsp3) is 0.636. The van der Waals surface area contributed by atoms with Crippen LogP contribution in [0.5, 0.6) is 0 Å². The van der Waals surface area contributed by atoms with Gasteiger partial charge in [-0.25, -0.2) is 19.2 Å². The normalized spacial score (nSPS) is 37.9. The first-order valence-corrected chi connectivity index (χ1v) is 7.34. The molecule has 0 aromatic rings. The van der Waals surface area contributed by atoms with Crippen molar-refractivity contribution in [1.29, 1.82) is 0 Å². The number of carbonyl (C=O) groups excluding carboxylic acids is 4. The van der Waals surface area contributed by atoms with Crippen LogP contribution in [0.25, 0.3) is 0 Å². The maximum atomic E-state index is 12.3. The molecule has 23 heavy (non-hydrogen) atoms. The van der Waals surface area contributed by atoms with Crippen molar-refractivity contribution in [1.82, 2.24) is 9.80 Å². The molecule has 6 N–H and O–H groups in total. The number of hydrogen-bond donors (Lipinski definition) is 5. The van der Waals surface area contributed by atoms with Gasteiger partial charge >= 0.3 is 30.8 Å². The summed E-state index contributed by atoms with van der Waals surface area (Å²) in [4.78, 5) is 53.0. The molecule has 4 atom stereocenters. The molecule has 2 aliphatic rings. The fourth-order valence-corrected chi connectivity index (χ4v) is 3.93. The molecular weight excluding hydrogens is 305 g/mol. The average Bonchev–Trinajstić information content (AvgIpc) is 2.57. The van der Waals surface area contributed by atoms with Crippen molar-refractivity contribution in [3.63, 3.8) is 0 Å². The Labute approximate surface area is 135 Å². The number of quaternary nitrogens is 4. The predicted octanol–water partition coefficient (Wildman–Crippen LogP) is -6.57. The lowest BCUT2D eigenvalue weighted by Crippen LogP contribution is -3.77. The van der Waals surface area contributed by atoms with Crippen LogP contribution in [0.15, 0.2) is 0 Å². The SMILES string of the molecule is CN.CN1C(=O)[NH+](C)[B-]2([NH+](C)C1=O)[NH+](C)C(=O)N(C)C(=O)[NH+]2C. The number of imide groups is 2. The lowest BCUT2D eigenvalue weighted by atomic mass is 9.64. The van der Waals surface area contributed by atoms with Gasteiger partial charge in [-0.15, -0.1) is 0 Å². The zero-order valence-electron chi connectivity index (χ0n) is 14.7. The second-order valence-corrected chi connectivity index (χ2v) is 5.94. The molecule has 0 bridgehead atoms. The van der Waals surface area contributed by atoms with Crippen LogP contribution in [0.2, 0.25) is 0 Å². The van der Waals surface area contributed by atoms with Gasteiger partial charge in [-0.05, 0) is 7.05 Å². The van der Waals surface area contributed by atoms with E-state index in [1.54, 1.807) is 28.2 Å². The van der Waals surface area contributed by atoms with E-state index in [-0.39, 0.29) is 0 Å². The average molecular weight is 332 g/mol. The van der Waals surface area contributed by atoms with Gasteiger partial charge in [-0.2, -0.15) is 9.80 Å². The van der Waals surface area contributed by atoms with Crippen molar-refractivity contribution in [3.8, 4) is 0 Å². The Bertz CT molecular complexity index is 461. The summed E-state index contributed by atoms with van der Waals surface area (Å²) >= 11 is 0. The minimum absolute atomic E-state index is 0.374. The molecule has 12 heteroatoms. The molecule has 1 spiro atoms. The van der Waals surface area contributed by atoms with E-state index in [0.29, 0.717) is 19.2 Å². The number of nitrogens with two attached hydrogens (primary N) is 1. The third-order valence-corrected chi connectivity index (χ3v) is 5.17. The topological polar surface area (TPSA) is 119 Å². The molecule has 2 saturated heterocycles. The number of carbonyl (C=O) groups is 4. The van der Waals surface area contributed by atoms with Gasteiger partial charge in [0.15, 0.2) is 0 Å². The fourth-order valence-electron chi connectivity index (χ4n) is 3.93. The van der Waals surface area contributed by atoms with E-state index in [0.717, 1.165) is 9.80 Å². The number of nitrogens with zero attached hydrogens (tertiary/aromatic N) is 2. The molecular formula is C11H27BN7O4+3. The highest BCUT2D eigenvalue weighted by atomic mass is 16.2. The Morgan fingerprint density at radius 1 is 0.652 bits per heavy atom. The number of urea groups is 4. The zero-order valence-corrected chi connectivity index (χ0v) is 14.7. The smallest absolute Gasteiger partial charge is 0.333 e. The largest absolute Gasteiger partial charge is 0.810 e. The first kappa shape index (κ1) is 19.2. The Morgan fingerprint density at radius 3 is 1.00 bits per heavy atom. The molecule has 11 nitrogen and oxygen atoms in total. The minimum atomic E-state index is -2.11. The van der Waals surface area contributed by atoms with E-state index in [9.17, 15) is 19.2 Å². The van der Waals surface area contributed by atoms with Crippen LogP contribution < -0.4 is 25.0 Å². The number of nitrogens with one attached hydrogen (secondary N) is 4. The summed E-state index contributed by atoms with van der Waals surface area (Å²) in [5.74, 6) is 0. The van der Waals surface area contributed by atoms with Crippen LogP contribution in [-0.4, -0.2) is 89.9 Å². The van der Waals surface area contributed by atoms with Crippen molar-refractivity contribution < 1.29 is 38.4 Å². The molecule has 8 amide bonds. The van der Waals surface area contributed by atoms with Gasteiger partial charge < -0.3 is 5.73 Å². The molecule has 2 aliphatic heterocycles. The molecule has 0 saturated carbocycles. The molecule has 2 heterocycles. The van der Waals surface area contributed by atoms with E-state index < -0.39 is 30.8 Å². The summed E-state index contributed by atoms with van der Waals surface area (Å²) in [7, 11) is 10.7. The van der Waals surface area contributed by atoms with Crippen LogP contribution >= 0.6 is 0 Å². The minimum Gasteiger partial charge on any atom is -0.333 e. The highest BCUT2D eigenvalue weighted by Gasteiger charge is 2.81. The predicted molar refractivity (Wildman–Crippen MR) is 80.5 cm³/mol. The Hall–Kier alpha value is -1.86. The van der Waals surface area contributed by atoms with E-state index in [1.807, 2.05) is 0 Å². The summed E-state index contributed by atoms with van der Waals surface area (Å²) in [5, 5.41) is 0. The van der Waals surface area contributed by atoms with E-state index >= 15 is 0 Å². The van der Waals surface area contributed by atoms with Gasteiger partial charge in [-0.1, -0.05) is 0 Å². The van der Waals surface area contributed by atoms with Gasteiger partial charge in [-0.3, -0.25) is 19.2 Å². The monoisotopic (exact) mass is 332 g/mol. The summed E-state index contributed by atoms with van der Waals surface area (Å²) in [5.41, 5.74) is 4.50. The van der Waals surface area contributed by atoms with Crippen molar-refractivity contribution in [3.05, 3.63) is 0 Å². The van der Waals surface area contributed by atoms with Crippen molar-refractivity contribution in [2.75, 3.05) is 49.3 Å². The summed E-state index contributed by atoms with van der Waals surface area (Å²) in [6, 6.07) is -1.74. The highest BCUT2D eigenvalue weighted by molar-refractivity contribution is 6.52. The summed E-state index contributed by atoms with van der Waals surface area (Å²) < 4.78 is 0. The molecule has 0 aromatic carbocycles. The third-order valence-electron chi connectivity index (χ3n) is 5.17. The first-order valence-electron chi connectivity index (χ1n) is 7.34. The van der Waals surface area contributed by atoms with Crippen molar-refractivity contribution in [2.45, 2.75) is 0 Å². The molecule has 0 aromatic heterocycles. The second kappa shape index (κ2) is 6.33. The van der Waals surface area contributed by atoms with Gasteiger partial charge in [0.1, 0.15) is 0 Å². The Morgan fingerprint density at radius 2 is 0.826 bits per heavy atom. The molecule has 2 rings (SSSR count). The standard InChI is InChI=1S/C10H22BN6O4.CH5N/c1-12-7(18)14(3)11(15(4)8(12)19)16(5)9(20)13(2)10(21)17(11)6;1-2/h14-17H,1-6H3;2H2,1H3/q+3;. The second-order valence-electron chi connectivity index (χ2n) is 5.94. The van der Waals surface area contributed by atoms with Gasteiger partial charge in [0.25, 0.3) is 0 Å². The van der Waals surface area contributed by atoms with Gasteiger partial charge in [0.2, 0.25) is 0 Å². The maximum absolute atomic E-state index is 12.3. The lowest BCUT2D eigenvalue weighted by molar-refractivity contribution is -1.05. The summed E-state index contributed by atoms with van der Waals surface area (Å²) in [6.07, 6.45) is 0. The van der Waals surface area contributed by atoms with Crippen LogP contribution in [-0.2, 0) is 0 Å². The van der Waals surface area contributed by atoms with Crippen LogP contribution in [0.3, 0.4) is 0 Å². The molecule has 0 aliphatic carbocycles. The van der Waals surface area contributed by atoms with Crippen LogP contribution in [0.4, 0.5) is 19.2 Å². The third kappa shape index (κ3) is 2.26. The van der Waals surface area contributed by atoms with E-state index in [2.05, 4.69) is 5.73 Å². The Kier molecular flexibility index (Phi) is 5.28. The van der Waals surface area contributed by atoms with E-state index in [1.165, 1.54) is 21.1 Å². The van der Waals surface area contributed by atoms with Crippen LogP contribution in [0, 0.1) is 0 Å². The van der Waals surface area contributed by atoms with Gasteiger partial charge in [0.05, 0.1) is 28.2 Å². The number of amides is 8. The maximum Gasteiger partial charge on any atom is 0.810 e. The number of rotatable bonds is 0.